The van der Waals surface area contributed by atoms with Crippen molar-refractivity contribution in [1.29, 1.82) is 0 Å². The average Bonchev–Trinajstić information content (AvgIpc) is 3.29. The van der Waals surface area contributed by atoms with E-state index < -0.39 is 0 Å². The first-order chi connectivity index (χ1) is 13.2. The first kappa shape index (κ1) is 18.1. The van der Waals surface area contributed by atoms with Crippen molar-refractivity contribution in [3.8, 4) is 0 Å². The van der Waals surface area contributed by atoms with Crippen LogP contribution in [0.4, 0.5) is 0 Å². The zero-order valence-electron chi connectivity index (χ0n) is 15.9. The van der Waals surface area contributed by atoms with Crippen molar-refractivity contribution in [2.24, 2.45) is 0 Å². The van der Waals surface area contributed by atoms with Crippen LogP contribution in [0.25, 0.3) is 11.3 Å². The maximum atomic E-state index is 4.33. The average molecular weight is 380 g/mol. The molecule has 2 N–H and O–H groups in total. The first-order valence-corrected chi connectivity index (χ1v) is 10.3. The van der Waals surface area contributed by atoms with Gasteiger partial charge in [0.1, 0.15) is 5.82 Å². The van der Waals surface area contributed by atoms with Gasteiger partial charge in [-0.15, -0.1) is 10.2 Å². The van der Waals surface area contributed by atoms with Gasteiger partial charge in [0, 0.05) is 33.5 Å². The highest BCUT2D eigenvalue weighted by atomic mass is 32.2. The first-order valence-electron chi connectivity index (χ1n) is 9.51. The molecule has 1 aromatic carbocycles. The van der Waals surface area contributed by atoms with Gasteiger partial charge >= 0.3 is 0 Å². The molecule has 1 aliphatic heterocycles. The number of aromatic nitrogens is 3. The highest BCUT2D eigenvalue weighted by Gasteiger charge is 2.18. The number of nitrogens with zero attached hydrogens (tertiary/aromatic N) is 3. The summed E-state index contributed by atoms with van der Waals surface area (Å²) < 4.78 is 2.10. The Balaban J connectivity index is 1.65. The molecule has 6 heteroatoms. The van der Waals surface area contributed by atoms with Crippen LogP contribution in [0.1, 0.15) is 50.9 Å². The van der Waals surface area contributed by atoms with E-state index in [2.05, 4.69) is 88.8 Å². The number of benzene rings is 1. The summed E-state index contributed by atoms with van der Waals surface area (Å²) in [5.41, 5.74) is 9.99. The number of rotatable bonds is 6. The van der Waals surface area contributed by atoms with Gasteiger partial charge in [-0.1, -0.05) is 57.2 Å². The van der Waals surface area contributed by atoms with E-state index >= 15 is 0 Å². The molecule has 0 amide bonds. The minimum absolute atomic E-state index is 0.335. The molecule has 0 aliphatic carbocycles. The van der Waals surface area contributed by atoms with E-state index in [4.69, 9.17) is 0 Å². The van der Waals surface area contributed by atoms with Crippen molar-refractivity contribution in [2.45, 2.75) is 55.4 Å². The summed E-state index contributed by atoms with van der Waals surface area (Å²) in [5.74, 6) is 1.33. The second-order valence-corrected chi connectivity index (χ2v) is 8.26. The standard InChI is InChI=1S/C21H25N5S/c1-4-7-15-12-18(23-22-15)17-8-5-6-9-19(17)27-16-10-11-20-24-25-21(14(2)3)26(20)13-16/h5-6,8-15,22-23H,4,7H2,1-3H3. The van der Waals surface area contributed by atoms with Gasteiger partial charge in [-0.25, -0.2) is 5.43 Å². The van der Waals surface area contributed by atoms with E-state index in [1.165, 1.54) is 15.4 Å². The molecule has 5 nitrogen and oxygen atoms in total. The summed E-state index contributed by atoms with van der Waals surface area (Å²) in [6.45, 7) is 6.50. The third-order valence-corrected chi connectivity index (χ3v) is 5.74. The Morgan fingerprint density at radius 1 is 1.15 bits per heavy atom. The summed E-state index contributed by atoms with van der Waals surface area (Å²) in [7, 11) is 0. The van der Waals surface area contributed by atoms with E-state index in [1.54, 1.807) is 11.8 Å². The highest BCUT2D eigenvalue weighted by Crippen LogP contribution is 2.34. The maximum Gasteiger partial charge on any atom is 0.160 e. The topological polar surface area (TPSA) is 54.2 Å². The Morgan fingerprint density at radius 2 is 2.00 bits per heavy atom. The molecule has 1 aliphatic rings. The van der Waals surface area contributed by atoms with Crippen LogP contribution in [0, 0.1) is 0 Å². The van der Waals surface area contributed by atoms with E-state index in [-0.39, 0.29) is 0 Å². The molecule has 4 rings (SSSR count). The van der Waals surface area contributed by atoms with Gasteiger partial charge in [-0.05, 0) is 30.7 Å². The van der Waals surface area contributed by atoms with Crippen LogP contribution < -0.4 is 10.9 Å². The fourth-order valence-electron chi connectivity index (χ4n) is 3.33. The summed E-state index contributed by atoms with van der Waals surface area (Å²) in [6, 6.07) is 13.1. The smallest absolute Gasteiger partial charge is 0.160 e. The van der Waals surface area contributed by atoms with E-state index in [0.717, 1.165) is 30.0 Å². The zero-order chi connectivity index (χ0) is 18.8. The molecule has 140 valence electrons. The SMILES string of the molecule is CCCC1C=C(c2ccccc2Sc2ccc3nnc(C(C)C)n3c2)NN1. The molecular weight excluding hydrogens is 354 g/mol. The van der Waals surface area contributed by atoms with Gasteiger partial charge in [0.05, 0.1) is 5.70 Å². The molecule has 0 saturated carbocycles. The Hall–Kier alpha value is -2.31. The molecule has 0 spiro atoms. The van der Waals surface area contributed by atoms with Crippen LogP contribution in [-0.4, -0.2) is 20.6 Å². The third kappa shape index (κ3) is 3.73. The number of hydrazine groups is 1. The lowest BCUT2D eigenvalue weighted by atomic mass is 10.1. The van der Waals surface area contributed by atoms with Crippen molar-refractivity contribution in [2.75, 3.05) is 0 Å². The highest BCUT2D eigenvalue weighted by molar-refractivity contribution is 7.99. The lowest BCUT2D eigenvalue weighted by Gasteiger charge is -2.11. The molecule has 0 fully saturated rings. The summed E-state index contributed by atoms with van der Waals surface area (Å²) in [6.07, 6.45) is 6.73. The quantitative estimate of drug-likeness (QED) is 0.654. The molecule has 2 aromatic heterocycles. The van der Waals surface area contributed by atoms with Crippen molar-refractivity contribution < 1.29 is 0 Å². The Labute approximate surface area is 164 Å². The van der Waals surface area contributed by atoms with Crippen LogP contribution in [-0.2, 0) is 0 Å². The van der Waals surface area contributed by atoms with Crippen LogP contribution in [0.5, 0.6) is 0 Å². The lowest BCUT2D eigenvalue weighted by Crippen LogP contribution is -2.31. The molecule has 0 bridgehead atoms. The normalized spacial score (nSPS) is 16.7. The van der Waals surface area contributed by atoms with Crippen LogP contribution >= 0.6 is 11.8 Å². The molecule has 0 radical (unpaired) electrons. The number of fused-ring (bicyclic) bond motifs is 1. The second-order valence-electron chi connectivity index (χ2n) is 7.15. The van der Waals surface area contributed by atoms with Crippen LogP contribution in [0.2, 0.25) is 0 Å². The van der Waals surface area contributed by atoms with Crippen LogP contribution in [0.3, 0.4) is 0 Å². The fraction of sp³-hybridized carbons (Fsp3) is 0.333. The summed E-state index contributed by atoms with van der Waals surface area (Å²) >= 11 is 1.77. The van der Waals surface area contributed by atoms with E-state index in [9.17, 15) is 0 Å². The molecule has 27 heavy (non-hydrogen) atoms. The summed E-state index contributed by atoms with van der Waals surface area (Å²) in [4.78, 5) is 2.40. The molecule has 1 unspecified atom stereocenters. The third-order valence-electron chi connectivity index (χ3n) is 4.68. The Morgan fingerprint density at radius 3 is 2.81 bits per heavy atom. The van der Waals surface area contributed by atoms with E-state index in [1.807, 2.05) is 6.07 Å². The zero-order valence-corrected chi connectivity index (χ0v) is 16.8. The predicted molar refractivity (Wildman–Crippen MR) is 111 cm³/mol. The number of nitrogens with one attached hydrogen (secondary N) is 2. The molecule has 0 saturated heterocycles. The molecule has 3 heterocycles. The summed E-state index contributed by atoms with van der Waals surface area (Å²) in [5, 5.41) is 8.60. The van der Waals surface area contributed by atoms with Gasteiger partial charge in [-0.2, -0.15) is 0 Å². The Bertz CT molecular complexity index is 976. The van der Waals surface area contributed by atoms with Crippen molar-refractivity contribution >= 4 is 23.1 Å². The minimum Gasteiger partial charge on any atom is -0.321 e. The number of hydrogen-bond acceptors (Lipinski definition) is 5. The minimum atomic E-state index is 0.335. The Kier molecular flexibility index (Phi) is 5.18. The molecule has 1 atom stereocenters. The van der Waals surface area contributed by atoms with Crippen LogP contribution in [0.15, 0.2) is 58.5 Å². The number of pyridine rings is 1. The van der Waals surface area contributed by atoms with Crippen molar-refractivity contribution in [3.05, 3.63) is 60.1 Å². The van der Waals surface area contributed by atoms with Gasteiger partial charge in [-0.3, -0.25) is 4.40 Å². The predicted octanol–water partition coefficient (Wildman–Crippen LogP) is 4.62. The fourth-order valence-corrected chi connectivity index (χ4v) is 4.31. The van der Waals surface area contributed by atoms with E-state index in [0.29, 0.717) is 12.0 Å². The number of hydrogen-bond donors (Lipinski definition) is 2. The van der Waals surface area contributed by atoms with Gasteiger partial charge in [0.2, 0.25) is 0 Å². The van der Waals surface area contributed by atoms with Gasteiger partial charge in [0.25, 0.3) is 0 Å². The van der Waals surface area contributed by atoms with Crippen molar-refractivity contribution in [1.82, 2.24) is 25.4 Å². The molecule has 3 aromatic rings. The lowest BCUT2D eigenvalue weighted by molar-refractivity contribution is 0.549. The van der Waals surface area contributed by atoms with Gasteiger partial charge < -0.3 is 5.43 Å². The monoisotopic (exact) mass is 379 g/mol. The van der Waals surface area contributed by atoms with Gasteiger partial charge in [0.15, 0.2) is 5.65 Å². The second kappa shape index (κ2) is 7.74. The largest absolute Gasteiger partial charge is 0.321 e. The molecular formula is C21H25N5S. The maximum absolute atomic E-state index is 4.33. The van der Waals surface area contributed by atoms with Crippen molar-refractivity contribution in [3.63, 3.8) is 0 Å².